The summed E-state index contributed by atoms with van der Waals surface area (Å²) in [5.74, 6) is -0.764. The number of benzene rings is 2. The first kappa shape index (κ1) is 30.9. The van der Waals surface area contributed by atoms with Crippen LogP contribution in [-0.4, -0.2) is 60.9 Å². The van der Waals surface area contributed by atoms with Crippen molar-refractivity contribution in [3.8, 4) is 0 Å². The van der Waals surface area contributed by atoms with Gasteiger partial charge in [-0.3, -0.25) is 14.4 Å². The van der Waals surface area contributed by atoms with E-state index >= 15 is 0 Å². The lowest BCUT2D eigenvalue weighted by Crippen LogP contribution is -2.63. The number of carbonyl (C=O) groups is 4. The van der Waals surface area contributed by atoms with Gasteiger partial charge in [0, 0.05) is 12.8 Å². The maximum absolute atomic E-state index is 13.8. The fraction of sp³-hybridized carbons (Fsp3) is 0.448. The molecule has 0 radical (unpaired) electrons. The van der Waals surface area contributed by atoms with Gasteiger partial charge in [0.1, 0.15) is 17.6 Å². The first-order valence-corrected chi connectivity index (χ1v) is 14.1. The van der Waals surface area contributed by atoms with Crippen LogP contribution in [0, 0.1) is 5.92 Å². The number of carbonyl (C=O) groups excluding carboxylic acids is 4. The number of amides is 3. The third kappa shape index (κ3) is 9.52. The van der Waals surface area contributed by atoms with E-state index in [-0.39, 0.29) is 18.8 Å². The second-order valence-corrected chi connectivity index (χ2v) is 10.7. The van der Waals surface area contributed by atoms with Crippen LogP contribution >= 0.6 is 11.8 Å². The molecule has 0 spiro atoms. The van der Waals surface area contributed by atoms with Crippen LogP contribution in [0.2, 0.25) is 0 Å². The van der Waals surface area contributed by atoms with Gasteiger partial charge in [0.2, 0.25) is 18.2 Å². The molecule has 9 heteroatoms. The topological polar surface area (TPSA) is 114 Å². The standard InChI is InChI=1S/C29H39N3O5S/c1-21(2)17-25(31-26(34)24(30-20-33)15-16-38-4)27(35)32-29(28(36)37-3,18-22-11-7-5-8-12-22)19-23-13-9-6-10-14-23/h5-14,20-21,24-25H,15-19H2,1-4H3,(H,30,33)(H,31,34)(H,32,35)/t24-,25-/m0/s1. The van der Waals surface area contributed by atoms with Crippen LogP contribution in [0.3, 0.4) is 0 Å². The summed E-state index contributed by atoms with van der Waals surface area (Å²) >= 11 is 1.56. The van der Waals surface area contributed by atoms with Crippen LogP contribution in [0.5, 0.6) is 0 Å². The summed E-state index contributed by atoms with van der Waals surface area (Å²) in [5.41, 5.74) is 0.296. The normalized spacial score (nSPS) is 12.8. The Morgan fingerprint density at radius 2 is 1.47 bits per heavy atom. The molecular formula is C29H39N3O5S. The summed E-state index contributed by atoms with van der Waals surface area (Å²) in [6.45, 7) is 3.89. The largest absolute Gasteiger partial charge is 0.467 e. The van der Waals surface area contributed by atoms with Crippen molar-refractivity contribution in [2.24, 2.45) is 5.92 Å². The highest BCUT2D eigenvalue weighted by Crippen LogP contribution is 2.23. The summed E-state index contributed by atoms with van der Waals surface area (Å²) in [6, 6.07) is 17.2. The van der Waals surface area contributed by atoms with Gasteiger partial charge < -0.3 is 20.7 Å². The number of rotatable bonds is 16. The Hall–Kier alpha value is -3.33. The zero-order chi connectivity index (χ0) is 28.0. The molecule has 0 aliphatic heterocycles. The van der Waals surface area contributed by atoms with Gasteiger partial charge in [0.05, 0.1) is 7.11 Å². The first-order valence-electron chi connectivity index (χ1n) is 12.7. The molecule has 38 heavy (non-hydrogen) atoms. The number of thioether (sulfide) groups is 1. The number of ether oxygens (including phenoxy) is 1. The third-order valence-corrected chi connectivity index (χ3v) is 6.82. The SMILES string of the molecule is COC(=O)C(Cc1ccccc1)(Cc1ccccc1)NC(=O)[C@H](CC(C)C)NC(=O)[C@H](CCSC)NC=O. The molecule has 2 aromatic rings. The Kier molecular flexibility index (Phi) is 12.9. The number of hydrogen-bond acceptors (Lipinski definition) is 6. The quantitative estimate of drug-likeness (QED) is 0.223. The highest BCUT2D eigenvalue weighted by Gasteiger charge is 2.43. The molecule has 8 nitrogen and oxygen atoms in total. The van der Waals surface area contributed by atoms with Gasteiger partial charge in [-0.1, -0.05) is 74.5 Å². The van der Waals surface area contributed by atoms with Crippen LogP contribution < -0.4 is 16.0 Å². The van der Waals surface area contributed by atoms with Crippen LogP contribution in [0.4, 0.5) is 0 Å². The van der Waals surface area contributed by atoms with Gasteiger partial charge in [-0.25, -0.2) is 4.79 Å². The van der Waals surface area contributed by atoms with Crippen LogP contribution in [-0.2, 0) is 36.8 Å². The molecule has 3 amide bonds. The number of hydrogen-bond donors (Lipinski definition) is 3. The summed E-state index contributed by atoms with van der Waals surface area (Å²) in [4.78, 5) is 51.3. The highest BCUT2D eigenvalue weighted by molar-refractivity contribution is 7.98. The Balaban J connectivity index is 2.42. The molecule has 0 bridgehead atoms. The summed E-state index contributed by atoms with van der Waals surface area (Å²) in [5, 5.41) is 8.34. The van der Waals surface area contributed by atoms with Gasteiger partial charge in [-0.05, 0) is 41.9 Å². The molecule has 0 heterocycles. The second-order valence-electron chi connectivity index (χ2n) is 9.70. The molecule has 0 saturated carbocycles. The average Bonchev–Trinajstić information content (AvgIpc) is 2.90. The van der Waals surface area contributed by atoms with Crippen molar-refractivity contribution in [1.82, 2.24) is 16.0 Å². The minimum absolute atomic E-state index is 0.0745. The van der Waals surface area contributed by atoms with Crippen molar-refractivity contribution in [2.45, 2.75) is 57.2 Å². The molecule has 0 aromatic heterocycles. The van der Waals surface area contributed by atoms with E-state index in [2.05, 4.69) is 16.0 Å². The zero-order valence-corrected chi connectivity index (χ0v) is 23.4. The molecular weight excluding hydrogens is 502 g/mol. The van der Waals surface area contributed by atoms with E-state index in [0.29, 0.717) is 25.0 Å². The van der Waals surface area contributed by atoms with Gasteiger partial charge in [0.25, 0.3) is 0 Å². The third-order valence-electron chi connectivity index (χ3n) is 6.17. The molecule has 206 valence electrons. The summed E-state index contributed by atoms with van der Waals surface area (Å²) < 4.78 is 5.23. The Labute approximate surface area is 229 Å². The first-order chi connectivity index (χ1) is 18.2. The van der Waals surface area contributed by atoms with Crippen molar-refractivity contribution in [2.75, 3.05) is 19.1 Å². The van der Waals surface area contributed by atoms with Crippen molar-refractivity contribution in [3.63, 3.8) is 0 Å². The van der Waals surface area contributed by atoms with E-state index < -0.39 is 35.4 Å². The summed E-state index contributed by atoms with van der Waals surface area (Å²) in [7, 11) is 1.30. The van der Waals surface area contributed by atoms with E-state index in [0.717, 1.165) is 11.1 Å². The fourth-order valence-corrected chi connectivity index (χ4v) is 4.81. The van der Waals surface area contributed by atoms with Crippen molar-refractivity contribution in [3.05, 3.63) is 71.8 Å². The smallest absolute Gasteiger partial charge is 0.332 e. The second kappa shape index (κ2) is 15.8. The van der Waals surface area contributed by atoms with E-state index in [1.54, 1.807) is 11.8 Å². The molecule has 0 saturated heterocycles. The predicted octanol–water partition coefficient (Wildman–Crippen LogP) is 2.90. The monoisotopic (exact) mass is 541 g/mol. The molecule has 2 aromatic carbocycles. The Bertz CT molecular complexity index is 992. The minimum Gasteiger partial charge on any atom is -0.467 e. The Morgan fingerprint density at radius 3 is 1.92 bits per heavy atom. The predicted molar refractivity (Wildman–Crippen MR) is 151 cm³/mol. The lowest BCUT2D eigenvalue weighted by molar-refractivity contribution is -0.151. The van der Waals surface area contributed by atoms with Crippen LogP contribution in [0.15, 0.2) is 60.7 Å². The average molecular weight is 542 g/mol. The molecule has 2 atom stereocenters. The molecule has 0 aliphatic carbocycles. The number of esters is 1. The van der Waals surface area contributed by atoms with E-state index in [1.807, 2.05) is 80.8 Å². The van der Waals surface area contributed by atoms with E-state index in [9.17, 15) is 19.2 Å². The maximum Gasteiger partial charge on any atom is 0.332 e. The molecule has 0 fully saturated rings. The Morgan fingerprint density at radius 1 is 0.921 bits per heavy atom. The lowest BCUT2D eigenvalue weighted by atomic mass is 9.84. The van der Waals surface area contributed by atoms with Crippen LogP contribution in [0.25, 0.3) is 0 Å². The van der Waals surface area contributed by atoms with E-state index in [1.165, 1.54) is 7.11 Å². The summed E-state index contributed by atoms with van der Waals surface area (Å²) in [6.07, 6.45) is 3.58. The molecule has 0 unspecified atom stereocenters. The zero-order valence-electron chi connectivity index (χ0n) is 22.6. The van der Waals surface area contributed by atoms with Gasteiger partial charge in [-0.15, -0.1) is 0 Å². The number of methoxy groups -OCH3 is 1. The highest BCUT2D eigenvalue weighted by atomic mass is 32.2. The van der Waals surface area contributed by atoms with Gasteiger partial charge >= 0.3 is 5.97 Å². The van der Waals surface area contributed by atoms with Crippen molar-refractivity contribution in [1.29, 1.82) is 0 Å². The van der Waals surface area contributed by atoms with Crippen molar-refractivity contribution < 1.29 is 23.9 Å². The lowest BCUT2D eigenvalue weighted by Gasteiger charge is -2.34. The number of nitrogens with one attached hydrogen (secondary N) is 3. The fourth-order valence-electron chi connectivity index (χ4n) is 4.34. The maximum atomic E-state index is 13.8. The van der Waals surface area contributed by atoms with E-state index in [4.69, 9.17) is 4.74 Å². The van der Waals surface area contributed by atoms with Crippen LogP contribution in [0.1, 0.15) is 37.8 Å². The van der Waals surface area contributed by atoms with Crippen molar-refractivity contribution >= 4 is 36.0 Å². The van der Waals surface area contributed by atoms with Gasteiger partial charge in [-0.2, -0.15) is 11.8 Å². The molecule has 2 rings (SSSR count). The van der Waals surface area contributed by atoms with Gasteiger partial charge in [0.15, 0.2) is 0 Å². The molecule has 3 N–H and O–H groups in total. The molecule has 0 aliphatic rings. The minimum atomic E-state index is -1.41.